The molecular weight excluding hydrogens is 356 g/mol. The first kappa shape index (κ1) is 16.4. The van der Waals surface area contributed by atoms with Gasteiger partial charge < -0.3 is 5.32 Å². The van der Waals surface area contributed by atoms with Gasteiger partial charge in [0.05, 0.1) is 5.56 Å². The molecule has 0 aliphatic carbocycles. The van der Waals surface area contributed by atoms with Gasteiger partial charge in [-0.2, -0.15) is 0 Å². The molecule has 0 bridgehead atoms. The van der Waals surface area contributed by atoms with E-state index in [4.69, 9.17) is 0 Å². The summed E-state index contributed by atoms with van der Waals surface area (Å²) >= 11 is 1.98. The Bertz CT molecular complexity index is 409. The minimum atomic E-state index is -0.308. The van der Waals surface area contributed by atoms with Crippen molar-refractivity contribution in [1.82, 2.24) is 5.32 Å². The Kier molecular flexibility index (Phi) is 8.02. The molecule has 4 heteroatoms. The van der Waals surface area contributed by atoms with E-state index >= 15 is 0 Å². The largest absolute Gasteiger partial charge is 0.352 e. The summed E-state index contributed by atoms with van der Waals surface area (Å²) in [6.07, 6.45) is 7.21. The number of hydrogen-bond acceptors (Lipinski definition) is 1. The number of amides is 1. The second-order valence-corrected chi connectivity index (χ2v) is 5.81. The van der Waals surface area contributed by atoms with Crippen LogP contribution in [0, 0.1) is 9.39 Å². The lowest BCUT2D eigenvalue weighted by Gasteiger charge is -2.07. The molecule has 1 aromatic carbocycles. The van der Waals surface area contributed by atoms with Gasteiger partial charge in [-0.1, -0.05) is 39.0 Å². The van der Waals surface area contributed by atoms with Gasteiger partial charge in [-0.25, -0.2) is 4.39 Å². The van der Waals surface area contributed by atoms with Crippen molar-refractivity contribution in [2.45, 2.75) is 45.4 Å². The first-order valence-electron chi connectivity index (χ1n) is 6.88. The summed E-state index contributed by atoms with van der Waals surface area (Å²) in [4.78, 5) is 11.9. The van der Waals surface area contributed by atoms with Gasteiger partial charge in [0.15, 0.2) is 0 Å². The average Bonchev–Trinajstić information content (AvgIpc) is 2.37. The third-order valence-electron chi connectivity index (χ3n) is 2.99. The molecule has 1 amide bonds. The van der Waals surface area contributed by atoms with Crippen molar-refractivity contribution in [2.75, 3.05) is 6.54 Å². The molecule has 0 unspecified atom stereocenters. The molecule has 1 aromatic rings. The van der Waals surface area contributed by atoms with Crippen LogP contribution in [-0.2, 0) is 0 Å². The molecular formula is C15H21FINO. The molecule has 0 fully saturated rings. The van der Waals surface area contributed by atoms with Gasteiger partial charge in [-0.3, -0.25) is 4.79 Å². The normalized spacial score (nSPS) is 10.5. The van der Waals surface area contributed by atoms with Crippen molar-refractivity contribution in [2.24, 2.45) is 0 Å². The molecule has 0 atom stereocenters. The molecule has 0 radical (unpaired) electrons. The quantitative estimate of drug-likeness (QED) is 0.524. The number of hydrogen-bond donors (Lipinski definition) is 1. The Hall–Kier alpha value is -0.650. The maximum atomic E-state index is 12.9. The summed E-state index contributed by atoms with van der Waals surface area (Å²) in [6, 6.07) is 4.23. The zero-order valence-corrected chi connectivity index (χ0v) is 13.5. The molecule has 106 valence electrons. The summed E-state index contributed by atoms with van der Waals surface area (Å²) in [6.45, 7) is 2.89. The molecule has 0 saturated heterocycles. The van der Waals surface area contributed by atoms with E-state index in [1.807, 2.05) is 22.6 Å². The Morgan fingerprint density at radius 1 is 1.21 bits per heavy atom. The molecule has 0 aliphatic rings. The van der Waals surface area contributed by atoms with E-state index in [2.05, 4.69) is 12.2 Å². The van der Waals surface area contributed by atoms with Crippen LogP contribution in [0.4, 0.5) is 4.39 Å². The molecule has 0 spiro atoms. The van der Waals surface area contributed by atoms with Crippen LogP contribution >= 0.6 is 22.6 Å². The van der Waals surface area contributed by atoms with Crippen molar-refractivity contribution in [3.63, 3.8) is 0 Å². The monoisotopic (exact) mass is 377 g/mol. The van der Waals surface area contributed by atoms with Crippen LogP contribution in [0.3, 0.4) is 0 Å². The maximum absolute atomic E-state index is 12.9. The van der Waals surface area contributed by atoms with E-state index in [0.29, 0.717) is 15.7 Å². The highest BCUT2D eigenvalue weighted by atomic mass is 127. The van der Waals surface area contributed by atoms with Gasteiger partial charge in [0, 0.05) is 10.1 Å². The highest BCUT2D eigenvalue weighted by molar-refractivity contribution is 14.1. The van der Waals surface area contributed by atoms with E-state index in [9.17, 15) is 9.18 Å². The molecule has 0 aliphatic heterocycles. The number of halogens is 2. The van der Waals surface area contributed by atoms with E-state index in [-0.39, 0.29) is 11.7 Å². The Balaban J connectivity index is 2.24. The van der Waals surface area contributed by atoms with Gasteiger partial charge in [0.2, 0.25) is 0 Å². The number of unbranched alkanes of at least 4 members (excludes halogenated alkanes) is 5. The Morgan fingerprint density at radius 2 is 1.89 bits per heavy atom. The standard InChI is InChI=1S/C15H21FINO/c1-2-3-4-5-6-7-10-18-15(19)13-9-8-12(16)11-14(13)17/h8-9,11H,2-7,10H2,1H3,(H,18,19). The van der Waals surface area contributed by atoms with E-state index < -0.39 is 0 Å². The number of carbonyl (C=O) groups is 1. The van der Waals surface area contributed by atoms with Gasteiger partial charge in [0.1, 0.15) is 5.82 Å². The predicted molar refractivity (Wildman–Crippen MR) is 84.8 cm³/mol. The van der Waals surface area contributed by atoms with Crippen LogP contribution in [0.1, 0.15) is 55.8 Å². The second-order valence-electron chi connectivity index (χ2n) is 4.65. The summed E-state index contributed by atoms with van der Waals surface area (Å²) in [7, 11) is 0. The first-order chi connectivity index (χ1) is 9.15. The summed E-state index contributed by atoms with van der Waals surface area (Å²) in [5, 5.41) is 2.88. The highest BCUT2D eigenvalue weighted by Gasteiger charge is 2.09. The zero-order valence-electron chi connectivity index (χ0n) is 11.3. The summed E-state index contributed by atoms with van der Waals surface area (Å²) < 4.78 is 13.6. The molecule has 0 aromatic heterocycles. The topological polar surface area (TPSA) is 29.1 Å². The van der Waals surface area contributed by atoms with E-state index in [1.165, 1.54) is 43.9 Å². The molecule has 0 heterocycles. The molecule has 2 nitrogen and oxygen atoms in total. The third kappa shape index (κ3) is 6.36. The molecule has 1 N–H and O–H groups in total. The van der Waals surface area contributed by atoms with Crippen molar-refractivity contribution >= 4 is 28.5 Å². The lowest BCUT2D eigenvalue weighted by Crippen LogP contribution is -2.25. The van der Waals surface area contributed by atoms with Crippen molar-refractivity contribution in [3.05, 3.63) is 33.1 Å². The maximum Gasteiger partial charge on any atom is 0.252 e. The summed E-state index contributed by atoms with van der Waals surface area (Å²) in [5.41, 5.74) is 0.549. The minimum Gasteiger partial charge on any atom is -0.352 e. The number of nitrogens with one attached hydrogen (secondary N) is 1. The van der Waals surface area contributed by atoms with Gasteiger partial charge in [0.25, 0.3) is 5.91 Å². The van der Waals surface area contributed by atoms with Gasteiger partial charge in [-0.05, 0) is 47.2 Å². The Labute approximate surface area is 128 Å². The fourth-order valence-electron chi connectivity index (χ4n) is 1.88. The van der Waals surface area contributed by atoms with Gasteiger partial charge in [-0.15, -0.1) is 0 Å². The second kappa shape index (κ2) is 9.28. The molecule has 19 heavy (non-hydrogen) atoms. The van der Waals surface area contributed by atoms with Crippen LogP contribution in [0.2, 0.25) is 0 Å². The van der Waals surface area contributed by atoms with Crippen LogP contribution in [0.15, 0.2) is 18.2 Å². The van der Waals surface area contributed by atoms with Crippen molar-refractivity contribution in [1.29, 1.82) is 0 Å². The zero-order chi connectivity index (χ0) is 14.1. The smallest absolute Gasteiger partial charge is 0.252 e. The third-order valence-corrected chi connectivity index (χ3v) is 3.88. The fraction of sp³-hybridized carbons (Fsp3) is 0.533. The van der Waals surface area contributed by atoms with Crippen LogP contribution in [0.25, 0.3) is 0 Å². The van der Waals surface area contributed by atoms with Gasteiger partial charge >= 0.3 is 0 Å². The van der Waals surface area contributed by atoms with Crippen LogP contribution < -0.4 is 5.32 Å². The van der Waals surface area contributed by atoms with E-state index in [0.717, 1.165) is 12.8 Å². The molecule has 1 rings (SSSR count). The number of benzene rings is 1. The lowest BCUT2D eigenvalue weighted by molar-refractivity contribution is 0.0952. The van der Waals surface area contributed by atoms with Crippen LogP contribution in [0.5, 0.6) is 0 Å². The number of rotatable bonds is 8. The average molecular weight is 377 g/mol. The summed E-state index contributed by atoms with van der Waals surface area (Å²) in [5.74, 6) is -0.421. The van der Waals surface area contributed by atoms with Crippen LogP contribution in [-0.4, -0.2) is 12.5 Å². The lowest BCUT2D eigenvalue weighted by atomic mass is 10.1. The molecule has 0 saturated carbocycles. The van der Waals surface area contributed by atoms with Crippen molar-refractivity contribution in [3.8, 4) is 0 Å². The van der Waals surface area contributed by atoms with Crippen molar-refractivity contribution < 1.29 is 9.18 Å². The Morgan fingerprint density at radius 3 is 2.58 bits per heavy atom. The fourth-order valence-corrected chi connectivity index (χ4v) is 2.60. The predicted octanol–water partition coefficient (Wildman–Crippen LogP) is 4.52. The number of carbonyl (C=O) groups excluding carboxylic acids is 1. The minimum absolute atomic E-state index is 0.113. The highest BCUT2D eigenvalue weighted by Crippen LogP contribution is 2.13. The van der Waals surface area contributed by atoms with E-state index in [1.54, 1.807) is 0 Å². The SMILES string of the molecule is CCCCCCCCNC(=O)c1ccc(F)cc1I. The first-order valence-corrected chi connectivity index (χ1v) is 7.96.